The highest BCUT2D eigenvalue weighted by Crippen LogP contribution is 2.05. The number of hydrogen-bond donors (Lipinski definition) is 0. The van der Waals surface area contributed by atoms with E-state index in [-0.39, 0.29) is 10.9 Å². The fourth-order valence-corrected chi connectivity index (χ4v) is 1.90. The van der Waals surface area contributed by atoms with Crippen LogP contribution < -0.4 is 0 Å². The highest BCUT2D eigenvalue weighted by Gasteiger charge is 1.96. The summed E-state index contributed by atoms with van der Waals surface area (Å²) >= 11 is 1.30. The van der Waals surface area contributed by atoms with Crippen molar-refractivity contribution in [2.75, 3.05) is 5.75 Å². The first-order chi connectivity index (χ1) is 8.58. The topological polar surface area (TPSA) is 34.1 Å². The highest BCUT2D eigenvalue weighted by atomic mass is 32.2. The maximum Gasteiger partial charge on any atom is 0.185 e. The standard InChI is InChI=1S/C15H16O2S/c1-12(16)11-15-8-6-14(7-9-15)5-3-4-10-18-13(2)17/h6-9H,4,10-11H2,1-2H3. The summed E-state index contributed by atoms with van der Waals surface area (Å²) in [7, 11) is 0. The van der Waals surface area contributed by atoms with Crippen molar-refractivity contribution in [2.45, 2.75) is 26.7 Å². The van der Waals surface area contributed by atoms with Crippen LogP contribution in [0.2, 0.25) is 0 Å². The lowest BCUT2D eigenvalue weighted by Crippen LogP contribution is -1.95. The number of carbonyl (C=O) groups is 2. The van der Waals surface area contributed by atoms with E-state index in [1.54, 1.807) is 13.8 Å². The molecule has 0 fully saturated rings. The van der Waals surface area contributed by atoms with E-state index in [1.165, 1.54) is 11.8 Å². The van der Waals surface area contributed by atoms with Crippen molar-refractivity contribution in [1.29, 1.82) is 0 Å². The van der Waals surface area contributed by atoms with Crippen molar-refractivity contribution >= 4 is 22.7 Å². The second-order valence-corrected chi connectivity index (χ2v) is 5.24. The Labute approximate surface area is 112 Å². The Bertz CT molecular complexity index is 477. The Hall–Kier alpha value is -1.53. The third-order valence-corrected chi connectivity index (χ3v) is 2.99. The summed E-state index contributed by atoms with van der Waals surface area (Å²) in [5.41, 5.74) is 1.95. The van der Waals surface area contributed by atoms with Gasteiger partial charge in [-0.15, -0.1) is 0 Å². The fourth-order valence-electron chi connectivity index (χ4n) is 1.40. The Morgan fingerprint density at radius 2 is 1.83 bits per heavy atom. The Kier molecular flexibility index (Phi) is 6.24. The van der Waals surface area contributed by atoms with Crippen molar-refractivity contribution in [2.24, 2.45) is 0 Å². The van der Waals surface area contributed by atoms with E-state index < -0.39 is 0 Å². The third-order valence-electron chi connectivity index (χ3n) is 2.17. The first-order valence-electron chi connectivity index (χ1n) is 5.78. The molecule has 0 aliphatic rings. The molecule has 0 unspecified atom stereocenters. The van der Waals surface area contributed by atoms with Crippen LogP contribution in [-0.4, -0.2) is 16.7 Å². The zero-order valence-electron chi connectivity index (χ0n) is 10.7. The molecule has 0 spiro atoms. The van der Waals surface area contributed by atoms with Crippen molar-refractivity contribution in [3.05, 3.63) is 35.4 Å². The summed E-state index contributed by atoms with van der Waals surface area (Å²) < 4.78 is 0. The molecule has 0 saturated carbocycles. The van der Waals surface area contributed by atoms with Gasteiger partial charge in [-0.3, -0.25) is 9.59 Å². The van der Waals surface area contributed by atoms with Gasteiger partial charge in [0.1, 0.15) is 5.78 Å². The van der Waals surface area contributed by atoms with E-state index in [1.807, 2.05) is 24.3 Å². The molecule has 0 radical (unpaired) electrons. The van der Waals surface area contributed by atoms with Gasteiger partial charge in [0.2, 0.25) is 0 Å². The summed E-state index contributed by atoms with van der Waals surface area (Å²) in [6.45, 7) is 3.15. The zero-order chi connectivity index (χ0) is 13.4. The number of thioether (sulfide) groups is 1. The van der Waals surface area contributed by atoms with Gasteiger partial charge in [-0.25, -0.2) is 0 Å². The lowest BCUT2D eigenvalue weighted by molar-refractivity contribution is -0.116. The first-order valence-corrected chi connectivity index (χ1v) is 6.77. The predicted molar refractivity (Wildman–Crippen MR) is 75.5 cm³/mol. The minimum atomic E-state index is 0.130. The van der Waals surface area contributed by atoms with Crippen LogP contribution in [0, 0.1) is 11.8 Å². The third kappa shape index (κ3) is 6.27. The number of carbonyl (C=O) groups excluding carboxylic acids is 2. The average Bonchev–Trinajstić information content (AvgIpc) is 2.30. The van der Waals surface area contributed by atoms with Crippen LogP contribution in [0.5, 0.6) is 0 Å². The maximum absolute atomic E-state index is 10.9. The van der Waals surface area contributed by atoms with Gasteiger partial charge in [0.15, 0.2) is 5.12 Å². The van der Waals surface area contributed by atoms with E-state index in [0.29, 0.717) is 12.8 Å². The molecule has 0 heterocycles. The molecule has 0 bridgehead atoms. The first kappa shape index (κ1) is 14.5. The van der Waals surface area contributed by atoms with Gasteiger partial charge in [-0.05, 0) is 24.6 Å². The van der Waals surface area contributed by atoms with Crippen molar-refractivity contribution < 1.29 is 9.59 Å². The quantitative estimate of drug-likeness (QED) is 0.616. The average molecular weight is 260 g/mol. The molecule has 0 amide bonds. The van der Waals surface area contributed by atoms with Crippen LogP contribution in [0.4, 0.5) is 0 Å². The molecule has 94 valence electrons. The second-order valence-electron chi connectivity index (χ2n) is 3.97. The van der Waals surface area contributed by atoms with Crippen LogP contribution in [0.25, 0.3) is 0 Å². The van der Waals surface area contributed by atoms with Crippen molar-refractivity contribution in [3.63, 3.8) is 0 Å². The van der Waals surface area contributed by atoms with E-state index in [2.05, 4.69) is 11.8 Å². The molecule has 1 aromatic rings. The molecular formula is C15H16O2S. The van der Waals surface area contributed by atoms with Gasteiger partial charge >= 0.3 is 0 Å². The number of benzene rings is 1. The molecule has 18 heavy (non-hydrogen) atoms. The number of rotatable bonds is 4. The second kappa shape index (κ2) is 7.73. The number of Topliss-reactive ketones (excluding diaryl/α,β-unsaturated/α-hetero) is 1. The van der Waals surface area contributed by atoms with Crippen LogP contribution in [-0.2, 0) is 16.0 Å². The van der Waals surface area contributed by atoms with Gasteiger partial charge in [-0.1, -0.05) is 35.7 Å². The largest absolute Gasteiger partial charge is 0.300 e. The maximum atomic E-state index is 10.9. The molecule has 1 rings (SSSR count). The van der Waals surface area contributed by atoms with Crippen LogP contribution in [0.1, 0.15) is 31.4 Å². The lowest BCUT2D eigenvalue weighted by Gasteiger charge is -1.97. The molecule has 1 aromatic carbocycles. The van der Waals surface area contributed by atoms with Gasteiger partial charge in [0.05, 0.1) is 0 Å². The predicted octanol–water partition coefficient (Wildman–Crippen LogP) is 2.84. The molecule has 0 aliphatic carbocycles. The molecule has 2 nitrogen and oxygen atoms in total. The zero-order valence-corrected chi connectivity index (χ0v) is 11.5. The van der Waals surface area contributed by atoms with Gasteiger partial charge < -0.3 is 0 Å². The molecule has 0 N–H and O–H groups in total. The van der Waals surface area contributed by atoms with Crippen molar-refractivity contribution in [1.82, 2.24) is 0 Å². The Balaban J connectivity index is 2.46. The minimum absolute atomic E-state index is 0.130. The Morgan fingerprint density at radius 3 is 2.39 bits per heavy atom. The molecule has 3 heteroatoms. The lowest BCUT2D eigenvalue weighted by atomic mass is 10.1. The SMILES string of the molecule is CC(=O)Cc1ccc(C#CCCSC(C)=O)cc1. The van der Waals surface area contributed by atoms with Crippen molar-refractivity contribution in [3.8, 4) is 11.8 Å². The molecule has 0 aromatic heterocycles. The van der Waals surface area contributed by atoms with E-state index >= 15 is 0 Å². The van der Waals surface area contributed by atoms with Crippen LogP contribution in [0.15, 0.2) is 24.3 Å². The fraction of sp³-hybridized carbons (Fsp3) is 0.333. The number of ketones is 1. The molecule has 0 aliphatic heterocycles. The highest BCUT2D eigenvalue weighted by molar-refractivity contribution is 8.13. The Morgan fingerprint density at radius 1 is 1.17 bits per heavy atom. The summed E-state index contributed by atoms with van der Waals surface area (Å²) in [5.74, 6) is 6.97. The summed E-state index contributed by atoms with van der Waals surface area (Å²) in [4.78, 5) is 21.6. The summed E-state index contributed by atoms with van der Waals surface area (Å²) in [6.07, 6.45) is 1.18. The van der Waals surface area contributed by atoms with Gasteiger partial charge in [0, 0.05) is 31.1 Å². The smallest absolute Gasteiger partial charge is 0.185 e. The van der Waals surface area contributed by atoms with Gasteiger partial charge in [-0.2, -0.15) is 0 Å². The van der Waals surface area contributed by atoms with E-state index in [4.69, 9.17) is 0 Å². The van der Waals surface area contributed by atoms with E-state index in [0.717, 1.165) is 16.9 Å². The normalized spacial score (nSPS) is 9.44. The molecule has 0 saturated heterocycles. The van der Waals surface area contributed by atoms with Crippen LogP contribution in [0.3, 0.4) is 0 Å². The summed E-state index contributed by atoms with van der Waals surface area (Å²) in [5, 5.41) is 0.130. The summed E-state index contributed by atoms with van der Waals surface area (Å²) in [6, 6.07) is 7.69. The monoisotopic (exact) mass is 260 g/mol. The van der Waals surface area contributed by atoms with E-state index in [9.17, 15) is 9.59 Å². The molecular weight excluding hydrogens is 244 g/mol. The molecule has 0 atom stereocenters. The van der Waals surface area contributed by atoms with Crippen LogP contribution >= 0.6 is 11.8 Å². The number of hydrogen-bond acceptors (Lipinski definition) is 3. The minimum Gasteiger partial charge on any atom is -0.300 e. The van der Waals surface area contributed by atoms with Gasteiger partial charge in [0.25, 0.3) is 0 Å².